The van der Waals surface area contributed by atoms with Crippen LogP contribution in [0.3, 0.4) is 0 Å². The van der Waals surface area contributed by atoms with Gasteiger partial charge in [-0.25, -0.2) is 9.59 Å². The van der Waals surface area contributed by atoms with Crippen LogP contribution >= 0.6 is 12.2 Å². The number of ether oxygens (including phenoxy) is 8. The average Bonchev–Trinajstić information content (AvgIpc) is 3.94. The number of benzene rings is 1. The standard InChI is InChI=1S/C49H63N3O16SSi/c1-61-38(53)18-15-30-34(24-42(57)65-5)45(48(60)68-28-29-13-11-10-12-14-29)50-36(30)26-49(35(25-43(58)66-6)32(46(69)52-49)17-20-40(55)63-3)27-37-33(23-41(56)64-4)31(16-19-39(54)62-2)44(51-37)47(59)67-21-22-70(7,8)9/h10-14,50-51H,15-28H2,1-9H3,(H,52,69). The normalized spacial score (nSPS) is 14.3. The van der Waals surface area contributed by atoms with E-state index in [1.807, 2.05) is 6.07 Å². The highest BCUT2D eigenvalue weighted by Crippen LogP contribution is 2.41. The molecule has 0 fully saturated rings. The third-order valence-corrected chi connectivity index (χ3v) is 14.0. The lowest BCUT2D eigenvalue weighted by atomic mass is 9.77. The van der Waals surface area contributed by atoms with E-state index in [4.69, 9.17) is 50.1 Å². The first-order valence-electron chi connectivity index (χ1n) is 22.5. The zero-order valence-corrected chi connectivity index (χ0v) is 43.0. The first kappa shape index (κ1) is 56.0. The summed E-state index contributed by atoms with van der Waals surface area (Å²) in [6.45, 7) is 6.35. The molecule has 0 amide bonds. The summed E-state index contributed by atoms with van der Waals surface area (Å²) in [6.07, 6.45) is -2.28. The molecule has 2 aromatic heterocycles. The van der Waals surface area contributed by atoms with Crippen molar-refractivity contribution in [3.05, 3.63) is 92.1 Å². The Kier molecular flexibility index (Phi) is 20.7. The highest BCUT2D eigenvalue weighted by molar-refractivity contribution is 7.80. The van der Waals surface area contributed by atoms with E-state index >= 15 is 0 Å². The maximum absolute atomic E-state index is 14.2. The number of rotatable bonds is 26. The minimum absolute atomic E-state index is 0.00402. The first-order valence-corrected chi connectivity index (χ1v) is 26.6. The van der Waals surface area contributed by atoms with E-state index in [9.17, 15) is 38.4 Å². The summed E-state index contributed by atoms with van der Waals surface area (Å²) in [4.78, 5) is 113. The topological polar surface area (TPSA) is 254 Å². The van der Waals surface area contributed by atoms with E-state index in [0.717, 1.165) is 0 Å². The van der Waals surface area contributed by atoms with Crippen LogP contribution in [0.4, 0.5) is 0 Å². The van der Waals surface area contributed by atoms with Crippen LogP contribution in [0.15, 0.2) is 41.5 Å². The fraction of sp³-hybridized carbons (Fsp3) is 0.490. The fourth-order valence-electron chi connectivity index (χ4n) is 8.16. The van der Waals surface area contributed by atoms with Crippen molar-refractivity contribution in [3.63, 3.8) is 0 Å². The molecule has 19 nitrogen and oxygen atoms in total. The summed E-state index contributed by atoms with van der Waals surface area (Å²) in [7, 11) is 5.59. The molecule has 3 aromatic rings. The van der Waals surface area contributed by atoms with Gasteiger partial charge in [-0.05, 0) is 64.3 Å². The predicted octanol–water partition coefficient (Wildman–Crippen LogP) is 5.10. The van der Waals surface area contributed by atoms with Crippen LogP contribution in [0.25, 0.3) is 0 Å². The van der Waals surface area contributed by atoms with Crippen LogP contribution in [0.2, 0.25) is 25.7 Å². The Morgan fingerprint density at radius 2 is 1.01 bits per heavy atom. The zero-order valence-electron chi connectivity index (χ0n) is 41.2. The molecule has 0 saturated heterocycles. The summed E-state index contributed by atoms with van der Waals surface area (Å²) in [5, 5.41) is 3.41. The average molecular weight is 1010 g/mol. The maximum atomic E-state index is 14.2. The van der Waals surface area contributed by atoms with Crippen molar-refractivity contribution in [1.29, 1.82) is 0 Å². The lowest BCUT2D eigenvalue weighted by molar-refractivity contribution is -0.141. The molecule has 1 atom stereocenters. The largest absolute Gasteiger partial charge is 0.469 e. The Morgan fingerprint density at radius 3 is 1.54 bits per heavy atom. The molecule has 3 heterocycles. The van der Waals surface area contributed by atoms with Gasteiger partial charge in [0, 0.05) is 51.6 Å². The highest BCUT2D eigenvalue weighted by atomic mass is 32.1. The minimum Gasteiger partial charge on any atom is -0.469 e. The van der Waals surface area contributed by atoms with Crippen LogP contribution in [-0.4, -0.2) is 126 Å². The van der Waals surface area contributed by atoms with Crippen LogP contribution in [0.1, 0.15) is 92.3 Å². The van der Waals surface area contributed by atoms with Crippen LogP contribution < -0.4 is 5.32 Å². The monoisotopic (exact) mass is 1010 g/mol. The van der Waals surface area contributed by atoms with E-state index in [1.165, 1.54) is 42.7 Å². The van der Waals surface area contributed by atoms with E-state index in [2.05, 4.69) is 34.9 Å². The van der Waals surface area contributed by atoms with Crippen LogP contribution in [0, 0.1) is 0 Å². The Bertz CT molecular complexity index is 2470. The number of H-pyrrole nitrogens is 2. The molecule has 1 unspecified atom stereocenters. The predicted molar refractivity (Wildman–Crippen MR) is 258 cm³/mol. The van der Waals surface area contributed by atoms with Crippen molar-refractivity contribution in [3.8, 4) is 0 Å². The Balaban J connectivity index is 2.10. The summed E-state index contributed by atoms with van der Waals surface area (Å²) in [5.41, 5.74) is 1.37. The second-order valence-corrected chi connectivity index (χ2v) is 23.7. The number of carbonyl (C=O) groups is 8. The first-order chi connectivity index (χ1) is 33.2. The number of carbonyl (C=O) groups excluding carboxylic acids is 8. The smallest absolute Gasteiger partial charge is 0.355 e. The van der Waals surface area contributed by atoms with Gasteiger partial charge >= 0.3 is 47.8 Å². The summed E-state index contributed by atoms with van der Waals surface area (Å²) < 4.78 is 41.9. The van der Waals surface area contributed by atoms with Gasteiger partial charge in [0.15, 0.2) is 0 Å². The van der Waals surface area contributed by atoms with Crippen molar-refractivity contribution in [2.75, 3.05) is 49.3 Å². The molecule has 1 aliphatic rings. The van der Waals surface area contributed by atoms with Gasteiger partial charge in [-0.3, -0.25) is 28.8 Å². The van der Waals surface area contributed by atoms with Gasteiger partial charge in [0.25, 0.3) is 0 Å². The minimum atomic E-state index is -1.68. The molecule has 0 saturated carbocycles. The Hall–Kier alpha value is -6.61. The van der Waals surface area contributed by atoms with Crippen molar-refractivity contribution in [1.82, 2.24) is 15.3 Å². The lowest BCUT2D eigenvalue weighted by Crippen LogP contribution is -2.49. The Labute approximate surface area is 413 Å². The number of esters is 8. The second kappa shape index (κ2) is 25.8. The summed E-state index contributed by atoms with van der Waals surface area (Å²) in [5.74, 6) is -5.43. The maximum Gasteiger partial charge on any atom is 0.355 e. The van der Waals surface area contributed by atoms with Gasteiger partial charge in [-0.2, -0.15) is 0 Å². The van der Waals surface area contributed by atoms with E-state index in [-0.39, 0.29) is 110 Å². The molecule has 0 bridgehead atoms. The molecule has 3 N–H and O–H groups in total. The van der Waals surface area contributed by atoms with E-state index < -0.39 is 74.2 Å². The van der Waals surface area contributed by atoms with Gasteiger partial charge in [0.1, 0.15) is 23.0 Å². The second-order valence-electron chi connectivity index (χ2n) is 17.7. The zero-order chi connectivity index (χ0) is 51.8. The van der Waals surface area contributed by atoms with Crippen molar-refractivity contribution in [2.24, 2.45) is 0 Å². The highest BCUT2D eigenvalue weighted by Gasteiger charge is 2.47. The fourth-order valence-corrected chi connectivity index (χ4v) is 9.30. The van der Waals surface area contributed by atoms with Crippen molar-refractivity contribution in [2.45, 2.75) is 108 Å². The third-order valence-electron chi connectivity index (χ3n) is 11.9. The molecule has 21 heteroatoms. The molecule has 0 radical (unpaired) electrons. The molecular formula is C49H63N3O16SSi. The van der Waals surface area contributed by atoms with Crippen molar-refractivity contribution < 1.29 is 76.3 Å². The van der Waals surface area contributed by atoms with E-state index in [1.54, 1.807) is 24.3 Å². The molecular weight excluding hydrogens is 947 g/mol. The third kappa shape index (κ3) is 15.2. The Morgan fingerprint density at radius 1 is 0.557 bits per heavy atom. The lowest BCUT2D eigenvalue weighted by Gasteiger charge is -2.34. The number of aromatic amines is 2. The van der Waals surface area contributed by atoms with Gasteiger partial charge in [0.05, 0.1) is 74.1 Å². The molecule has 0 spiro atoms. The quantitative estimate of drug-likeness (QED) is 0.0409. The van der Waals surface area contributed by atoms with Crippen LogP contribution in [-0.2, 0) is 112 Å². The SMILES string of the molecule is COC(=O)CCC1=C(CC(=O)OC)C(Cc2[nH]c(C(=O)OCC[Si](C)(C)C)c(CCC(=O)OC)c2CC(=O)OC)(Cc2[nH]c(C(=O)OCc3ccccc3)c(CC(=O)OC)c2CCC(=O)OC)NC1=S. The number of nitrogens with one attached hydrogen (secondary N) is 3. The van der Waals surface area contributed by atoms with Crippen molar-refractivity contribution >= 4 is 73.0 Å². The van der Waals surface area contributed by atoms with Crippen LogP contribution in [0.5, 0.6) is 0 Å². The number of aromatic nitrogens is 2. The van der Waals surface area contributed by atoms with Gasteiger partial charge in [-0.1, -0.05) is 62.2 Å². The molecule has 380 valence electrons. The number of hydrogen-bond acceptors (Lipinski definition) is 17. The number of hydrogen-bond donors (Lipinski definition) is 3. The van der Waals surface area contributed by atoms with Gasteiger partial charge in [0.2, 0.25) is 0 Å². The van der Waals surface area contributed by atoms with Gasteiger partial charge < -0.3 is 53.2 Å². The number of methoxy groups -OCH3 is 6. The van der Waals surface area contributed by atoms with Gasteiger partial charge in [-0.15, -0.1) is 0 Å². The molecule has 0 aliphatic carbocycles. The summed E-state index contributed by atoms with van der Waals surface area (Å²) >= 11 is 6.01. The van der Waals surface area contributed by atoms with E-state index in [0.29, 0.717) is 34.0 Å². The molecule has 70 heavy (non-hydrogen) atoms. The molecule has 4 rings (SSSR count). The molecule has 1 aromatic carbocycles. The molecule has 1 aliphatic heterocycles. The number of thiocarbonyl (C=S) groups is 1. The summed E-state index contributed by atoms with van der Waals surface area (Å²) in [6, 6.07) is 9.56.